The normalized spacial score (nSPS) is 24.6. The highest BCUT2D eigenvalue weighted by Gasteiger charge is 2.33. The zero-order valence-corrected chi connectivity index (χ0v) is 16.2. The molecular weight excluding hydrogens is 374 g/mol. The summed E-state index contributed by atoms with van der Waals surface area (Å²) in [6.45, 7) is 4.26. The Morgan fingerprint density at radius 2 is 1.96 bits per heavy atom. The zero-order chi connectivity index (χ0) is 18.1. The van der Waals surface area contributed by atoms with Crippen LogP contribution in [0.5, 0.6) is 11.5 Å². The van der Waals surface area contributed by atoms with Crippen LogP contribution < -0.4 is 14.8 Å². The van der Waals surface area contributed by atoms with Gasteiger partial charge in [-0.25, -0.2) is 8.42 Å². The van der Waals surface area contributed by atoms with E-state index in [0.717, 1.165) is 54.8 Å². The van der Waals surface area contributed by atoms with Gasteiger partial charge in [-0.3, -0.25) is 4.90 Å². The first-order chi connectivity index (χ1) is 12.5. The number of hydrogen-bond donors (Lipinski definition) is 1. The van der Waals surface area contributed by atoms with E-state index in [1.54, 1.807) is 0 Å². The van der Waals surface area contributed by atoms with Gasteiger partial charge in [0.2, 0.25) is 6.79 Å². The van der Waals surface area contributed by atoms with Gasteiger partial charge in [-0.2, -0.15) is 0 Å². The van der Waals surface area contributed by atoms with E-state index in [1.165, 1.54) is 0 Å². The molecule has 7 nitrogen and oxygen atoms in total. The van der Waals surface area contributed by atoms with Crippen molar-refractivity contribution in [3.8, 4) is 11.5 Å². The zero-order valence-electron chi connectivity index (χ0n) is 14.5. The SMILES string of the molecule is O=S1(=O)CC[C@@H](N2CCN(C(=S)NCc3ccc4c(c3)OCO4)CC2)C1. The van der Waals surface area contributed by atoms with Crippen LogP contribution in [0.25, 0.3) is 0 Å². The minimum absolute atomic E-state index is 0.178. The summed E-state index contributed by atoms with van der Waals surface area (Å²) in [5.41, 5.74) is 1.09. The van der Waals surface area contributed by atoms with Gasteiger partial charge in [-0.1, -0.05) is 6.07 Å². The number of rotatable bonds is 3. The van der Waals surface area contributed by atoms with Crippen LogP contribution in [0.1, 0.15) is 12.0 Å². The average Bonchev–Trinajstić information content (AvgIpc) is 3.25. The molecule has 0 unspecified atom stereocenters. The maximum atomic E-state index is 11.7. The molecule has 1 aromatic rings. The summed E-state index contributed by atoms with van der Waals surface area (Å²) in [6, 6.07) is 6.06. The third-order valence-electron chi connectivity index (χ3n) is 5.21. The third kappa shape index (κ3) is 3.89. The van der Waals surface area contributed by atoms with Crippen molar-refractivity contribution in [1.29, 1.82) is 0 Å². The van der Waals surface area contributed by atoms with Gasteiger partial charge in [0.1, 0.15) is 0 Å². The highest BCUT2D eigenvalue weighted by molar-refractivity contribution is 7.91. The van der Waals surface area contributed by atoms with E-state index < -0.39 is 9.84 Å². The first-order valence-electron chi connectivity index (χ1n) is 8.86. The molecule has 0 amide bonds. The fraction of sp³-hybridized carbons (Fsp3) is 0.588. The molecule has 3 aliphatic heterocycles. The Morgan fingerprint density at radius 3 is 2.69 bits per heavy atom. The lowest BCUT2D eigenvalue weighted by molar-refractivity contribution is 0.142. The van der Waals surface area contributed by atoms with Crippen LogP contribution in [0.3, 0.4) is 0 Å². The minimum atomic E-state index is -2.83. The Labute approximate surface area is 159 Å². The van der Waals surface area contributed by atoms with Crippen LogP contribution in [0.15, 0.2) is 18.2 Å². The number of fused-ring (bicyclic) bond motifs is 1. The van der Waals surface area contributed by atoms with Crippen LogP contribution >= 0.6 is 12.2 Å². The number of sulfone groups is 1. The molecule has 142 valence electrons. The second-order valence-electron chi connectivity index (χ2n) is 6.93. The number of nitrogens with zero attached hydrogens (tertiary/aromatic N) is 2. The molecule has 2 fully saturated rings. The Kier molecular flexibility index (Phi) is 4.94. The largest absolute Gasteiger partial charge is 0.454 e. The quantitative estimate of drug-likeness (QED) is 0.744. The van der Waals surface area contributed by atoms with Gasteiger partial charge in [0.05, 0.1) is 11.5 Å². The Hall–Kier alpha value is -1.58. The first-order valence-corrected chi connectivity index (χ1v) is 11.1. The van der Waals surface area contributed by atoms with E-state index in [0.29, 0.717) is 18.1 Å². The molecule has 26 heavy (non-hydrogen) atoms. The van der Waals surface area contributed by atoms with Crippen molar-refractivity contribution in [3.63, 3.8) is 0 Å². The number of ether oxygens (including phenoxy) is 2. The molecule has 0 saturated carbocycles. The van der Waals surface area contributed by atoms with Gasteiger partial charge >= 0.3 is 0 Å². The van der Waals surface area contributed by atoms with Crippen molar-refractivity contribution in [1.82, 2.24) is 15.1 Å². The predicted molar refractivity (Wildman–Crippen MR) is 102 cm³/mol. The van der Waals surface area contributed by atoms with Gasteiger partial charge in [0, 0.05) is 38.8 Å². The molecule has 4 rings (SSSR count). The number of hydrogen-bond acceptors (Lipinski definition) is 6. The van der Waals surface area contributed by atoms with Crippen molar-refractivity contribution in [2.24, 2.45) is 0 Å². The second kappa shape index (κ2) is 7.21. The molecule has 0 spiro atoms. The predicted octanol–water partition coefficient (Wildman–Crippen LogP) is 0.595. The molecule has 1 atom stereocenters. The lowest BCUT2D eigenvalue weighted by atomic mass is 10.2. The molecule has 0 aromatic heterocycles. The minimum Gasteiger partial charge on any atom is -0.454 e. The maximum Gasteiger partial charge on any atom is 0.231 e. The standard InChI is InChI=1S/C17H23N3O4S2/c21-26(22)8-3-14(11-26)19-4-6-20(7-5-19)17(25)18-10-13-1-2-15-16(9-13)24-12-23-15/h1-2,9,14H,3-8,10-12H2,(H,18,25)/t14-/m1/s1. The second-order valence-corrected chi connectivity index (χ2v) is 9.54. The van der Waals surface area contributed by atoms with Crippen LogP contribution in [0.4, 0.5) is 0 Å². The topological polar surface area (TPSA) is 71.1 Å². The Morgan fingerprint density at radius 1 is 1.19 bits per heavy atom. The monoisotopic (exact) mass is 397 g/mol. The van der Waals surface area contributed by atoms with Crippen LogP contribution in [0.2, 0.25) is 0 Å². The van der Waals surface area contributed by atoms with E-state index in [-0.39, 0.29) is 12.8 Å². The van der Waals surface area contributed by atoms with E-state index >= 15 is 0 Å². The molecule has 0 aliphatic carbocycles. The van der Waals surface area contributed by atoms with Crippen molar-refractivity contribution >= 4 is 27.2 Å². The highest BCUT2D eigenvalue weighted by Crippen LogP contribution is 2.32. The van der Waals surface area contributed by atoms with Crippen LogP contribution in [-0.4, -0.2) is 73.8 Å². The first kappa shape index (κ1) is 17.8. The van der Waals surface area contributed by atoms with Crippen LogP contribution in [0, 0.1) is 0 Å². The van der Waals surface area contributed by atoms with E-state index in [2.05, 4.69) is 15.1 Å². The molecule has 0 bridgehead atoms. The van der Waals surface area contributed by atoms with E-state index in [4.69, 9.17) is 21.7 Å². The lowest BCUT2D eigenvalue weighted by Gasteiger charge is -2.38. The van der Waals surface area contributed by atoms with Gasteiger partial charge in [0.15, 0.2) is 26.4 Å². The van der Waals surface area contributed by atoms with Crippen molar-refractivity contribution in [2.45, 2.75) is 19.0 Å². The molecule has 0 radical (unpaired) electrons. The van der Waals surface area contributed by atoms with Crippen molar-refractivity contribution < 1.29 is 17.9 Å². The highest BCUT2D eigenvalue weighted by atomic mass is 32.2. The summed E-state index contributed by atoms with van der Waals surface area (Å²) in [5.74, 6) is 2.18. The Bertz CT molecular complexity index is 791. The summed E-state index contributed by atoms with van der Waals surface area (Å²) < 4.78 is 34.0. The smallest absolute Gasteiger partial charge is 0.231 e. The van der Waals surface area contributed by atoms with E-state index in [9.17, 15) is 8.42 Å². The number of thiocarbonyl (C=S) groups is 1. The van der Waals surface area contributed by atoms with Gasteiger partial charge < -0.3 is 19.7 Å². The summed E-state index contributed by atoms with van der Waals surface area (Å²) in [7, 11) is -2.83. The van der Waals surface area contributed by atoms with Gasteiger partial charge in [-0.05, 0) is 36.3 Å². The number of piperazine rings is 1. The van der Waals surface area contributed by atoms with Crippen molar-refractivity contribution in [3.05, 3.63) is 23.8 Å². The molecular formula is C17H23N3O4S2. The fourth-order valence-corrected chi connectivity index (χ4v) is 5.71. The van der Waals surface area contributed by atoms with E-state index in [1.807, 2.05) is 18.2 Å². The Balaban J connectivity index is 1.25. The van der Waals surface area contributed by atoms with Crippen molar-refractivity contribution in [2.75, 3.05) is 44.5 Å². The van der Waals surface area contributed by atoms with Gasteiger partial charge in [0.25, 0.3) is 0 Å². The number of benzene rings is 1. The third-order valence-corrected chi connectivity index (χ3v) is 7.36. The average molecular weight is 398 g/mol. The lowest BCUT2D eigenvalue weighted by Crippen LogP contribution is -2.54. The summed E-state index contributed by atoms with van der Waals surface area (Å²) >= 11 is 5.53. The fourth-order valence-electron chi connectivity index (χ4n) is 3.69. The van der Waals surface area contributed by atoms with Gasteiger partial charge in [-0.15, -0.1) is 0 Å². The molecule has 1 N–H and O–H groups in total. The number of nitrogens with one attached hydrogen (secondary N) is 1. The summed E-state index contributed by atoms with van der Waals surface area (Å²) in [6.07, 6.45) is 0.759. The molecule has 3 aliphatic rings. The molecule has 2 saturated heterocycles. The maximum absolute atomic E-state index is 11.7. The molecule has 3 heterocycles. The molecule has 1 aromatic carbocycles. The summed E-state index contributed by atoms with van der Waals surface area (Å²) in [5, 5.41) is 4.04. The molecule has 9 heteroatoms. The van der Waals surface area contributed by atoms with Crippen LogP contribution in [-0.2, 0) is 16.4 Å². The summed E-state index contributed by atoms with van der Waals surface area (Å²) in [4.78, 5) is 4.45.